The van der Waals surface area contributed by atoms with E-state index in [9.17, 15) is 19.0 Å². The van der Waals surface area contributed by atoms with Crippen LogP contribution in [0.5, 0.6) is 0 Å². The molecule has 0 saturated heterocycles. The summed E-state index contributed by atoms with van der Waals surface area (Å²) in [6, 6.07) is 0. The number of unbranched alkanes of at least 4 members (excludes halogenated alkanes) is 55. The van der Waals surface area contributed by atoms with Crippen LogP contribution in [0.1, 0.15) is 431 Å². The van der Waals surface area contributed by atoms with E-state index in [1.165, 1.54) is 327 Å². The Balaban J connectivity index is 3.75. The molecule has 0 heterocycles. The van der Waals surface area contributed by atoms with Crippen molar-refractivity contribution in [1.82, 2.24) is 0 Å². The van der Waals surface area contributed by atoms with Gasteiger partial charge in [0.2, 0.25) is 0 Å². The van der Waals surface area contributed by atoms with Crippen molar-refractivity contribution in [2.45, 2.75) is 437 Å². The Morgan fingerprint density at radius 3 is 0.854 bits per heavy atom. The van der Waals surface area contributed by atoms with Gasteiger partial charge in [-0.3, -0.25) is 18.6 Å². The molecule has 2 atom stereocenters. The van der Waals surface area contributed by atoms with Crippen molar-refractivity contribution in [3.63, 3.8) is 0 Å². The van der Waals surface area contributed by atoms with E-state index < -0.39 is 26.5 Å². The van der Waals surface area contributed by atoms with Crippen LogP contribution in [-0.4, -0.2) is 49.3 Å². The first-order valence-electron chi connectivity index (χ1n) is 41.9. The van der Waals surface area contributed by atoms with Crippen LogP contribution < -0.4 is 5.73 Å². The molecule has 10 heteroatoms. The summed E-state index contributed by atoms with van der Waals surface area (Å²) >= 11 is 0. The summed E-state index contributed by atoms with van der Waals surface area (Å²) in [6.45, 7) is 3.71. The maximum absolute atomic E-state index is 12.8. The number of hydrogen-bond donors (Lipinski definition) is 2. The molecule has 0 aromatic heterocycles. The van der Waals surface area contributed by atoms with Crippen LogP contribution in [0.3, 0.4) is 0 Å². The zero-order valence-corrected chi connectivity index (χ0v) is 64.5. The Morgan fingerprint density at radius 2 is 0.573 bits per heavy atom. The first-order valence-corrected chi connectivity index (χ1v) is 43.4. The number of hydrogen-bond acceptors (Lipinski definition) is 8. The van der Waals surface area contributed by atoms with Crippen LogP contribution in [0.15, 0.2) is 72.9 Å². The van der Waals surface area contributed by atoms with Crippen molar-refractivity contribution in [2.24, 2.45) is 5.73 Å². The molecule has 9 nitrogen and oxygen atoms in total. The zero-order valence-electron chi connectivity index (χ0n) is 63.6. The van der Waals surface area contributed by atoms with Crippen LogP contribution in [0.25, 0.3) is 0 Å². The van der Waals surface area contributed by atoms with Crippen LogP contribution in [-0.2, 0) is 32.7 Å². The number of allylic oxidation sites excluding steroid dienone is 12. The second-order valence-corrected chi connectivity index (χ2v) is 29.8. The molecular formula is C86H160NO8P. The van der Waals surface area contributed by atoms with E-state index in [2.05, 4.69) is 86.8 Å². The van der Waals surface area contributed by atoms with Crippen molar-refractivity contribution in [2.75, 3.05) is 26.4 Å². The van der Waals surface area contributed by atoms with E-state index >= 15 is 0 Å². The predicted octanol–water partition coefficient (Wildman–Crippen LogP) is 28.3. The van der Waals surface area contributed by atoms with Crippen molar-refractivity contribution in [1.29, 1.82) is 0 Å². The van der Waals surface area contributed by atoms with E-state index in [4.69, 9.17) is 24.3 Å². The number of esters is 2. The molecule has 96 heavy (non-hydrogen) atoms. The van der Waals surface area contributed by atoms with Crippen molar-refractivity contribution < 1.29 is 37.6 Å². The molecule has 562 valence electrons. The third-order valence-corrected chi connectivity index (χ3v) is 19.8. The molecule has 0 aliphatic carbocycles. The third-order valence-electron chi connectivity index (χ3n) is 18.9. The fourth-order valence-corrected chi connectivity index (χ4v) is 13.5. The van der Waals surface area contributed by atoms with E-state index in [0.29, 0.717) is 6.42 Å². The molecule has 0 aromatic carbocycles. The molecule has 3 N–H and O–H groups in total. The minimum Gasteiger partial charge on any atom is -0.462 e. The highest BCUT2D eigenvalue weighted by Crippen LogP contribution is 2.43. The summed E-state index contributed by atoms with van der Waals surface area (Å²) in [5.74, 6) is -0.805. The number of phosphoric ester groups is 1. The molecular weight excluding hydrogens is 1210 g/mol. The normalized spacial score (nSPS) is 13.2. The Morgan fingerprint density at radius 1 is 0.323 bits per heavy atom. The highest BCUT2D eigenvalue weighted by atomic mass is 31.2. The number of rotatable bonds is 80. The molecule has 2 unspecified atom stereocenters. The van der Waals surface area contributed by atoms with Crippen LogP contribution in [0, 0.1) is 0 Å². The number of ether oxygens (including phenoxy) is 2. The summed E-state index contributed by atoms with van der Waals surface area (Å²) in [5, 5.41) is 0. The minimum absolute atomic E-state index is 0.0546. The summed E-state index contributed by atoms with van der Waals surface area (Å²) < 4.78 is 33.3. The lowest BCUT2D eigenvalue weighted by Gasteiger charge is -2.19. The average Bonchev–Trinajstić information content (AvgIpc) is 1.90. The van der Waals surface area contributed by atoms with Gasteiger partial charge < -0.3 is 20.1 Å². The average molecular weight is 1370 g/mol. The van der Waals surface area contributed by atoms with Gasteiger partial charge in [0.25, 0.3) is 0 Å². The molecule has 0 aromatic rings. The molecule has 0 radical (unpaired) electrons. The van der Waals surface area contributed by atoms with Gasteiger partial charge in [-0.1, -0.05) is 427 Å². The molecule has 0 bridgehead atoms. The van der Waals surface area contributed by atoms with Gasteiger partial charge in [-0.25, -0.2) is 4.57 Å². The Kier molecular flexibility index (Phi) is 79.3. The summed E-state index contributed by atoms with van der Waals surface area (Å²) in [5.41, 5.74) is 5.42. The second kappa shape index (κ2) is 81.4. The number of carbonyl (C=O) groups excluding carboxylic acids is 2. The van der Waals surface area contributed by atoms with Gasteiger partial charge in [-0.2, -0.15) is 0 Å². The van der Waals surface area contributed by atoms with Crippen LogP contribution in [0.2, 0.25) is 0 Å². The van der Waals surface area contributed by atoms with E-state index in [1.54, 1.807) is 0 Å². The van der Waals surface area contributed by atoms with Crippen LogP contribution in [0.4, 0.5) is 0 Å². The molecule has 0 aliphatic heterocycles. The highest BCUT2D eigenvalue weighted by Gasteiger charge is 2.26. The Labute approximate surface area is 596 Å². The lowest BCUT2D eigenvalue weighted by Crippen LogP contribution is -2.29. The van der Waals surface area contributed by atoms with Gasteiger partial charge in [0.1, 0.15) is 6.61 Å². The standard InChI is InChI=1S/C86H160NO8P/c1-3-5-7-9-11-13-15-17-19-21-23-25-27-29-31-33-35-37-39-41-43-44-46-48-50-52-54-56-58-60-62-64-66-68-70-72-74-76-78-85(88)92-82-84(83-94-96(90,91)93-81-80-87)95-86(89)79-77-75-73-71-69-67-65-63-61-59-57-55-53-51-49-47-45-42-40-38-36-34-32-30-28-26-24-22-20-18-16-14-12-10-8-6-4-2/h6,8,12,14,18,20,24,26,30,32,36,38,84H,3-5,7,9-11,13,15-17,19,21-23,25,27-29,31,33-35,37,39-83,87H2,1-2H3,(H,90,91)/b8-6-,14-12-,20-18-,26-24-,32-30-,38-36-. The lowest BCUT2D eigenvalue weighted by molar-refractivity contribution is -0.161. The SMILES string of the molecule is CC/C=C\C/C=C\C/C=C\C/C=C\C/C=C\C/C=C\CCCCCCCCCCCCCCCCCCCCC(=O)OC(COC(=O)CCCCCCCCCCCCCCCCCCCCCCCCCCCCCCCCCCCCCCCC)COP(=O)(O)OCCN. The fraction of sp³-hybridized carbons (Fsp3) is 0.837. The number of phosphoric acid groups is 1. The molecule has 0 aliphatic rings. The number of nitrogens with two attached hydrogens (primary N) is 1. The number of carbonyl (C=O) groups is 2. The van der Waals surface area contributed by atoms with Gasteiger partial charge in [-0.05, 0) is 64.2 Å². The molecule has 0 fully saturated rings. The maximum atomic E-state index is 12.8. The summed E-state index contributed by atoms with van der Waals surface area (Å²) in [7, 11) is -4.40. The largest absolute Gasteiger partial charge is 0.472 e. The van der Waals surface area contributed by atoms with Crippen molar-refractivity contribution in [3.05, 3.63) is 72.9 Å². The molecule has 0 rings (SSSR count). The highest BCUT2D eigenvalue weighted by molar-refractivity contribution is 7.47. The third kappa shape index (κ3) is 80.4. The molecule has 0 amide bonds. The smallest absolute Gasteiger partial charge is 0.462 e. The zero-order chi connectivity index (χ0) is 69.3. The predicted molar refractivity (Wildman–Crippen MR) is 418 cm³/mol. The van der Waals surface area contributed by atoms with E-state index in [0.717, 1.165) is 70.6 Å². The summed E-state index contributed by atoms with van der Waals surface area (Å²) in [6.07, 6.45) is 109. The molecule has 0 saturated carbocycles. The minimum atomic E-state index is -4.40. The van der Waals surface area contributed by atoms with Gasteiger partial charge >= 0.3 is 19.8 Å². The Bertz CT molecular complexity index is 1810. The van der Waals surface area contributed by atoms with Gasteiger partial charge in [0.15, 0.2) is 6.10 Å². The molecule has 0 spiro atoms. The topological polar surface area (TPSA) is 134 Å². The monoisotopic (exact) mass is 1370 g/mol. The van der Waals surface area contributed by atoms with E-state index in [-0.39, 0.29) is 38.6 Å². The fourth-order valence-electron chi connectivity index (χ4n) is 12.7. The first-order chi connectivity index (χ1) is 47.3. The van der Waals surface area contributed by atoms with Gasteiger partial charge in [0, 0.05) is 19.4 Å². The van der Waals surface area contributed by atoms with E-state index in [1.807, 2.05) is 0 Å². The quantitative estimate of drug-likeness (QED) is 0.0264. The van der Waals surface area contributed by atoms with Crippen molar-refractivity contribution >= 4 is 19.8 Å². The lowest BCUT2D eigenvalue weighted by atomic mass is 10.0. The van der Waals surface area contributed by atoms with Gasteiger partial charge in [0.05, 0.1) is 13.2 Å². The Hall–Kier alpha value is -2.55. The second-order valence-electron chi connectivity index (χ2n) is 28.3. The van der Waals surface area contributed by atoms with Crippen molar-refractivity contribution in [3.8, 4) is 0 Å². The summed E-state index contributed by atoms with van der Waals surface area (Å²) in [4.78, 5) is 35.5. The van der Waals surface area contributed by atoms with Crippen LogP contribution >= 0.6 is 7.82 Å². The first kappa shape index (κ1) is 93.5. The van der Waals surface area contributed by atoms with Gasteiger partial charge in [-0.15, -0.1) is 0 Å². The maximum Gasteiger partial charge on any atom is 0.472 e.